The van der Waals surface area contributed by atoms with E-state index in [9.17, 15) is 9.90 Å². The molecule has 1 N–H and O–H groups in total. The van der Waals surface area contributed by atoms with Gasteiger partial charge < -0.3 is 9.84 Å². The molecule has 1 aliphatic carbocycles. The molecule has 1 aliphatic rings. The molecule has 0 spiro atoms. The minimum Gasteiger partial charge on any atom is -0.508 e. The first-order chi connectivity index (χ1) is 10.1. The van der Waals surface area contributed by atoms with Crippen molar-refractivity contribution in [2.75, 3.05) is 0 Å². The third-order valence-corrected chi connectivity index (χ3v) is 3.77. The van der Waals surface area contributed by atoms with Crippen LogP contribution in [0.3, 0.4) is 0 Å². The fourth-order valence-electron chi connectivity index (χ4n) is 2.65. The van der Waals surface area contributed by atoms with Crippen molar-refractivity contribution in [3.05, 3.63) is 53.1 Å². The molecule has 2 radical (unpaired) electrons. The van der Waals surface area contributed by atoms with E-state index < -0.39 is 0 Å². The first-order valence-corrected chi connectivity index (χ1v) is 7.00. The molecule has 0 saturated heterocycles. The number of carbonyl (C=O) groups is 1. The molecule has 0 fully saturated rings. The highest BCUT2D eigenvalue weighted by molar-refractivity contribution is 6.33. The smallest absolute Gasteiger partial charge is 0.163 e. The van der Waals surface area contributed by atoms with Gasteiger partial charge >= 0.3 is 0 Å². The van der Waals surface area contributed by atoms with E-state index in [1.807, 2.05) is 18.2 Å². The lowest BCUT2D eigenvalue weighted by molar-refractivity contribution is 0.0971. The van der Waals surface area contributed by atoms with E-state index in [2.05, 4.69) is 0 Å². The van der Waals surface area contributed by atoms with Crippen molar-refractivity contribution in [3.63, 3.8) is 0 Å². The third-order valence-electron chi connectivity index (χ3n) is 3.77. The van der Waals surface area contributed by atoms with Crippen LogP contribution >= 0.6 is 0 Å². The molecule has 3 nitrogen and oxygen atoms in total. The molecule has 21 heavy (non-hydrogen) atoms. The van der Waals surface area contributed by atoms with Gasteiger partial charge in [-0.1, -0.05) is 23.7 Å². The molecule has 2 aromatic carbocycles. The van der Waals surface area contributed by atoms with Gasteiger partial charge in [0.15, 0.2) is 5.78 Å². The number of rotatable bonds is 3. The summed E-state index contributed by atoms with van der Waals surface area (Å²) in [6, 6.07) is 10.3. The Bertz CT molecular complexity index is 694. The van der Waals surface area contributed by atoms with Crippen molar-refractivity contribution < 1.29 is 14.6 Å². The van der Waals surface area contributed by atoms with Crippen molar-refractivity contribution in [2.24, 2.45) is 0 Å². The van der Waals surface area contributed by atoms with E-state index in [1.165, 1.54) is 0 Å². The largest absolute Gasteiger partial charge is 0.508 e. The molecule has 0 unspecified atom stereocenters. The number of ether oxygens (including phenoxy) is 1. The quantitative estimate of drug-likeness (QED) is 0.876. The summed E-state index contributed by atoms with van der Waals surface area (Å²) < 4.78 is 5.83. The van der Waals surface area contributed by atoms with E-state index >= 15 is 0 Å². The Morgan fingerprint density at radius 1 is 1.19 bits per heavy atom. The van der Waals surface area contributed by atoms with E-state index in [0.717, 1.165) is 35.3 Å². The number of Topliss-reactive ketones (excluding diaryl/α,β-unsaturated/α-hetero) is 1. The van der Waals surface area contributed by atoms with Gasteiger partial charge in [0.25, 0.3) is 0 Å². The molecule has 0 saturated carbocycles. The van der Waals surface area contributed by atoms with Crippen molar-refractivity contribution in [2.45, 2.75) is 25.9 Å². The van der Waals surface area contributed by atoms with E-state index in [4.69, 9.17) is 12.6 Å². The Morgan fingerprint density at radius 3 is 2.90 bits per heavy atom. The fraction of sp³-hybridized carbons (Fsp3) is 0.235. The van der Waals surface area contributed by atoms with Crippen LogP contribution in [0.2, 0.25) is 0 Å². The maximum Gasteiger partial charge on any atom is 0.163 e. The SMILES string of the molecule is [B]c1ccc(O)cc1COc1cccc2c1CCCC2=O. The molecule has 0 bridgehead atoms. The van der Waals surface area contributed by atoms with Gasteiger partial charge in [-0.3, -0.25) is 4.79 Å². The second-order valence-electron chi connectivity index (χ2n) is 5.23. The Kier molecular flexibility index (Phi) is 3.69. The normalized spacial score (nSPS) is 13.8. The number of fused-ring (bicyclic) bond motifs is 1. The van der Waals surface area contributed by atoms with Crippen LogP contribution in [-0.4, -0.2) is 18.7 Å². The van der Waals surface area contributed by atoms with Crippen LogP contribution < -0.4 is 10.2 Å². The van der Waals surface area contributed by atoms with Gasteiger partial charge in [-0.15, -0.1) is 0 Å². The van der Waals surface area contributed by atoms with Crippen molar-refractivity contribution in [1.82, 2.24) is 0 Å². The maximum atomic E-state index is 11.9. The number of phenolic OH excluding ortho intramolecular Hbond substituents is 1. The molecule has 104 valence electrons. The van der Waals surface area contributed by atoms with Crippen LogP contribution in [-0.2, 0) is 13.0 Å². The number of benzene rings is 2. The number of phenols is 1. The van der Waals surface area contributed by atoms with Crippen LogP contribution in [0.15, 0.2) is 36.4 Å². The van der Waals surface area contributed by atoms with Gasteiger partial charge in [-0.05, 0) is 36.6 Å². The first-order valence-electron chi connectivity index (χ1n) is 7.00. The minimum absolute atomic E-state index is 0.160. The molecule has 4 heteroatoms. The number of carbonyl (C=O) groups excluding carboxylic acids is 1. The van der Waals surface area contributed by atoms with Gasteiger partial charge in [-0.25, -0.2) is 0 Å². The third kappa shape index (κ3) is 2.80. The van der Waals surface area contributed by atoms with Crippen LogP contribution in [0, 0.1) is 0 Å². The highest BCUT2D eigenvalue weighted by Gasteiger charge is 2.20. The Hall–Kier alpha value is -2.23. The highest BCUT2D eigenvalue weighted by Crippen LogP contribution is 2.30. The zero-order valence-electron chi connectivity index (χ0n) is 11.6. The maximum absolute atomic E-state index is 11.9. The van der Waals surface area contributed by atoms with E-state index in [0.29, 0.717) is 11.9 Å². The van der Waals surface area contributed by atoms with Gasteiger partial charge in [0, 0.05) is 17.5 Å². The zero-order chi connectivity index (χ0) is 14.8. The molecule has 2 aromatic rings. The first kappa shape index (κ1) is 13.7. The lowest BCUT2D eigenvalue weighted by Crippen LogP contribution is -2.15. The van der Waals surface area contributed by atoms with Crippen LogP contribution in [0.4, 0.5) is 0 Å². The monoisotopic (exact) mass is 278 g/mol. The molecular weight excluding hydrogens is 263 g/mol. The van der Waals surface area contributed by atoms with Crippen molar-refractivity contribution in [3.8, 4) is 11.5 Å². The summed E-state index contributed by atoms with van der Waals surface area (Å²) in [6.45, 7) is 0.269. The van der Waals surface area contributed by atoms with Crippen molar-refractivity contribution >= 4 is 19.1 Å². The van der Waals surface area contributed by atoms with E-state index in [1.54, 1.807) is 18.2 Å². The van der Waals surface area contributed by atoms with Gasteiger partial charge in [0.2, 0.25) is 0 Å². The predicted molar refractivity (Wildman–Crippen MR) is 81.5 cm³/mol. The van der Waals surface area contributed by atoms with Crippen molar-refractivity contribution in [1.29, 1.82) is 0 Å². The van der Waals surface area contributed by atoms with Crippen LogP contribution in [0.1, 0.15) is 34.3 Å². The lowest BCUT2D eigenvalue weighted by Gasteiger charge is -2.19. The Labute approximate surface area is 125 Å². The molecule has 3 rings (SSSR count). The second-order valence-corrected chi connectivity index (χ2v) is 5.23. The molecular formula is C17H15BO3. The molecule has 0 aromatic heterocycles. The fourth-order valence-corrected chi connectivity index (χ4v) is 2.65. The second kappa shape index (κ2) is 5.64. The Morgan fingerprint density at radius 2 is 2.05 bits per heavy atom. The van der Waals surface area contributed by atoms with E-state index in [-0.39, 0.29) is 18.1 Å². The topological polar surface area (TPSA) is 46.5 Å². The summed E-state index contributed by atoms with van der Waals surface area (Å²) in [5.74, 6) is 1.06. The van der Waals surface area contributed by atoms with Gasteiger partial charge in [0.1, 0.15) is 26.0 Å². The van der Waals surface area contributed by atoms with Gasteiger partial charge in [-0.2, -0.15) is 0 Å². The van der Waals surface area contributed by atoms with Crippen LogP contribution in [0.25, 0.3) is 0 Å². The lowest BCUT2D eigenvalue weighted by atomic mass is 9.89. The summed E-state index contributed by atoms with van der Waals surface area (Å²) in [6.07, 6.45) is 2.32. The average Bonchev–Trinajstić information content (AvgIpc) is 2.49. The molecule has 0 aliphatic heterocycles. The molecule has 0 heterocycles. The standard InChI is InChI=1S/C17H15BO3/c18-15-8-7-12(19)9-11(15)10-21-17-6-2-3-13-14(17)4-1-5-16(13)20/h2-3,6-9,19H,1,4-5,10H2. The summed E-state index contributed by atoms with van der Waals surface area (Å²) in [7, 11) is 5.87. The van der Waals surface area contributed by atoms with Crippen LogP contribution in [0.5, 0.6) is 11.5 Å². The summed E-state index contributed by atoms with van der Waals surface area (Å²) >= 11 is 0. The number of ketones is 1. The summed E-state index contributed by atoms with van der Waals surface area (Å²) in [4.78, 5) is 11.9. The number of hydrogen-bond donors (Lipinski definition) is 1. The number of aromatic hydroxyl groups is 1. The Balaban J connectivity index is 1.84. The molecule has 0 atom stereocenters. The minimum atomic E-state index is 0.160. The van der Waals surface area contributed by atoms with Gasteiger partial charge in [0.05, 0.1) is 0 Å². The summed E-state index contributed by atoms with van der Waals surface area (Å²) in [5.41, 5.74) is 3.05. The predicted octanol–water partition coefficient (Wildman–Crippen LogP) is 2.28. The average molecular weight is 278 g/mol. The highest BCUT2D eigenvalue weighted by atomic mass is 16.5. The molecule has 0 amide bonds. The summed E-state index contributed by atoms with van der Waals surface area (Å²) in [5, 5.41) is 9.51. The zero-order valence-corrected chi connectivity index (χ0v) is 11.6. The number of hydrogen-bond acceptors (Lipinski definition) is 3.